The number of carbonyl (C=O) groups is 2. The van der Waals surface area contributed by atoms with E-state index in [0.29, 0.717) is 0 Å². The lowest BCUT2D eigenvalue weighted by Crippen LogP contribution is -2.44. The molecule has 27 heavy (non-hydrogen) atoms. The first-order valence-electron chi connectivity index (χ1n) is 8.12. The summed E-state index contributed by atoms with van der Waals surface area (Å²) in [6, 6.07) is 8.96. The van der Waals surface area contributed by atoms with Gasteiger partial charge in [-0.3, -0.25) is 4.79 Å². The molecule has 0 bridgehead atoms. The number of furan rings is 1. The van der Waals surface area contributed by atoms with Crippen LogP contribution in [0.15, 0.2) is 45.9 Å². The number of rotatable bonds is 7. The van der Waals surface area contributed by atoms with E-state index in [9.17, 15) is 23.1 Å². The maximum Gasteiger partial charge on any atom is 0.326 e. The fourth-order valence-electron chi connectivity index (χ4n) is 2.53. The van der Waals surface area contributed by atoms with Crippen molar-refractivity contribution < 1.29 is 27.5 Å². The Bertz CT molecular complexity index is 934. The van der Waals surface area contributed by atoms with E-state index in [1.165, 1.54) is 28.1 Å². The number of hydrogen-bond acceptors (Lipinski definition) is 5. The molecule has 1 N–H and O–H groups in total. The van der Waals surface area contributed by atoms with Crippen molar-refractivity contribution in [1.29, 1.82) is 0 Å². The maximum absolute atomic E-state index is 12.8. The molecule has 0 fully saturated rings. The number of sulfonamides is 1. The summed E-state index contributed by atoms with van der Waals surface area (Å²) < 4.78 is 30.6. The van der Waals surface area contributed by atoms with E-state index < -0.39 is 27.9 Å². The van der Waals surface area contributed by atoms with E-state index in [2.05, 4.69) is 0 Å². The van der Waals surface area contributed by atoms with E-state index in [1.54, 1.807) is 24.3 Å². The number of carboxylic acids is 1. The van der Waals surface area contributed by atoms with Gasteiger partial charge in [0.15, 0.2) is 0 Å². The van der Waals surface area contributed by atoms with Gasteiger partial charge in [-0.15, -0.1) is 0 Å². The van der Waals surface area contributed by atoms with Gasteiger partial charge in [-0.25, -0.2) is 17.5 Å². The monoisotopic (exact) mass is 394 g/mol. The van der Waals surface area contributed by atoms with Gasteiger partial charge in [0.1, 0.15) is 11.8 Å². The Kier molecular flexibility index (Phi) is 6.07. The van der Waals surface area contributed by atoms with Crippen LogP contribution in [0.5, 0.6) is 0 Å². The van der Waals surface area contributed by atoms with E-state index in [1.807, 2.05) is 6.07 Å². The van der Waals surface area contributed by atoms with Crippen LogP contribution >= 0.6 is 0 Å². The third-order valence-electron chi connectivity index (χ3n) is 4.21. The quantitative estimate of drug-likeness (QED) is 0.764. The summed E-state index contributed by atoms with van der Waals surface area (Å²) >= 11 is 0. The minimum Gasteiger partial charge on any atom is -0.480 e. The second kappa shape index (κ2) is 7.93. The molecule has 0 saturated carbocycles. The smallest absolute Gasteiger partial charge is 0.326 e. The van der Waals surface area contributed by atoms with Gasteiger partial charge in [0.2, 0.25) is 5.09 Å². The van der Waals surface area contributed by atoms with Crippen LogP contribution in [0.4, 0.5) is 0 Å². The predicted molar refractivity (Wildman–Crippen MR) is 98.0 cm³/mol. The zero-order valence-electron chi connectivity index (χ0n) is 15.5. The largest absolute Gasteiger partial charge is 0.480 e. The summed E-state index contributed by atoms with van der Waals surface area (Å²) in [7, 11) is 0.225. The molecule has 1 aromatic heterocycles. The molecule has 2 aromatic rings. The molecule has 9 heteroatoms. The van der Waals surface area contributed by atoms with Crippen molar-refractivity contribution in [2.45, 2.75) is 24.5 Å². The molecular formula is C18H22N2O6S. The summed E-state index contributed by atoms with van der Waals surface area (Å²) in [5.74, 6) is -1.67. The topological polar surface area (TPSA) is 108 Å². The number of benzene rings is 1. The minimum atomic E-state index is -3.84. The Hall–Kier alpha value is -2.65. The Morgan fingerprint density at radius 2 is 1.74 bits per heavy atom. The van der Waals surface area contributed by atoms with E-state index >= 15 is 0 Å². The van der Waals surface area contributed by atoms with Gasteiger partial charge in [-0.2, -0.15) is 0 Å². The third kappa shape index (κ3) is 4.37. The molecule has 0 aliphatic heterocycles. The summed E-state index contributed by atoms with van der Waals surface area (Å²) in [5, 5.41) is 9.19. The predicted octanol–water partition coefficient (Wildman–Crippen LogP) is 1.61. The van der Waals surface area contributed by atoms with Gasteiger partial charge in [-0.1, -0.05) is 30.3 Å². The lowest BCUT2D eigenvalue weighted by Gasteiger charge is -2.24. The number of hydrogen-bond donors (Lipinski definition) is 1. The van der Waals surface area contributed by atoms with E-state index in [0.717, 1.165) is 20.8 Å². The van der Waals surface area contributed by atoms with Crippen LogP contribution in [0.3, 0.4) is 0 Å². The lowest BCUT2D eigenvalue weighted by molar-refractivity contribution is -0.141. The molecule has 0 spiro atoms. The molecule has 0 saturated heterocycles. The highest BCUT2D eigenvalue weighted by Gasteiger charge is 2.31. The Morgan fingerprint density at radius 3 is 2.26 bits per heavy atom. The molecule has 0 aliphatic carbocycles. The van der Waals surface area contributed by atoms with Gasteiger partial charge in [0.25, 0.3) is 15.9 Å². The van der Waals surface area contributed by atoms with Crippen LogP contribution in [0, 0.1) is 6.92 Å². The fraction of sp³-hybridized carbons (Fsp3) is 0.333. The molecule has 0 aliphatic rings. The van der Waals surface area contributed by atoms with Gasteiger partial charge in [0.05, 0.1) is 5.56 Å². The first-order chi connectivity index (χ1) is 12.6. The molecule has 1 atom stereocenters. The molecule has 1 unspecified atom stereocenters. The van der Waals surface area contributed by atoms with Crippen molar-refractivity contribution in [3.05, 3.63) is 53.3 Å². The SMILES string of the molecule is Cc1oc(S(=O)(=O)N(C)C)cc1C(=O)N(C)C(Cc1ccccc1)C(=O)O. The number of amides is 1. The van der Waals surface area contributed by atoms with Gasteiger partial charge in [-0.05, 0) is 12.5 Å². The van der Waals surface area contributed by atoms with E-state index in [4.69, 9.17) is 4.42 Å². The van der Waals surface area contributed by atoms with Crippen molar-refractivity contribution in [3.8, 4) is 0 Å². The molecule has 1 aromatic carbocycles. The van der Waals surface area contributed by atoms with Crippen molar-refractivity contribution >= 4 is 21.9 Å². The second-order valence-corrected chi connectivity index (χ2v) is 8.37. The molecule has 0 radical (unpaired) electrons. The van der Waals surface area contributed by atoms with Crippen molar-refractivity contribution in [1.82, 2.24) is 9.21 Å². The van der Waals surface area contributed by atoms with Crippen LogP contribution in [0.25, 0.3) is 0 Å². The lowest BCUT2D eigenvalue weighted by atomic mass is 10.0. The van der Waals surface area contributed by atoms with Gasteiger partial charge >= 0.3 is 5.97 Å². The molecule has 2 rings (SSSR count). The normalized spacial score (nSPS) is 12.8. The van der Waals surface area contributed by atoms with Gasteiger partial charge in [0, 0.05) is 33.6 Å². The Labute approximate surface area is 158 Å². The number of likely N-dealkylation sites (N-methyl/N-ethyl adjacent to an activating group) is 1. The van der Waals surface area contributed by atoms with Crippen molar-refractivity contribution in [2.75, 3.05) is 21.1 Å². The molecule has 8 nitrogen and oxygen atoms in total. The highest BCUT2D eigenvalue weighted by Crippen LogP contribution is 2.23. The molecular weight excluding hydrogens is 372 g/mol. The number of nitrogens with zero attached hydrogens (tertiary/aromatic N) is 2. The number of carbonyl (C=O) groups excluding carboxylic acids is 1. The van der Waals surface area contributed by atoms with Crippen LogP contribution in [-0.4, -0.2) is 61.8 Å². The average molecular weight is 394 g/mol. The summed E-state index contributed by atoms with van der Waals surface area (Å²) in [6.45, 7) is 1.46. The summed E-state index contributed by atoms with van der Waals surface area (Å²) in [5.41, 5.74) is 0.779. The number of carboxylic acid groups (broad SMARTS) is 1. The fourth-order valence-corrected chi connectivity index (χ4v) is 3.39. The Balaban J connectivity index is 2.32. The minimum absolute atomic E-state index is 0.0113. The van der Waals surface area contributed by atoms with Crippen LogP contribution in [0.1, 0.15) is 21.7 Å². The first-order valence-corrected chi connectivity index (χ1v) is 9.56. The number of aliphatic carboxylic acids is 1. The molecule has 1 amide bonds. The first kappa shape index (κ1) is 20.7. The second-order valence-electron chi connectivity index (χ2n) is 6.28. The van der Waals surface area contributed by atoms with Crippen LogP contribution < -0.4 is 0 Å². The zero-order chi connectivity index (χ0) is 20.4. The van der Waals surface area contributed by atoms with Crippen LogP contribution in [-0.2, 0) is 21.2 Å². The number of aryl methyl sites for hydroxylation is 1. The molecule has 146 valence electrons. The van der Waals surface area contributed by atoms with Gasteiger partial charge < -0.3 is 14.4 Å². The Morgan fingerprint density at radius 1 is 1.15 bits per heavy atom. The standard InChI is InChI=1S/C18H22N2O6S/c1-12-14(11-16(26-12)27(24,25)19(2)3)17(21)20(4)15(18(22)23)10-13-8-6-5-7-9-13/h5-9,11,15H,10H2,1-4H3,(H,22,23). The average Bonchev–Trinajstić information content (AvgIpc) is 3.01. The summed E-state index contributed by atoms with van der Waals surface area (Å²) in [6.07, 6.45) is 0.123. The van der Waals surface area contributed by atoms with Crippen LogP contribution in [0.2, 0.25) is 0 Å². The highest BCUT2D eigenvalue weighted by molar-refractivity contribution is 7.88. The molecule has 1 heterocycles. The highest BCUT2D eigenvalue weighted by atomic mass is 32.2. The zero-order valence-corrected chi connectivity index (χ0v) is 16.4. The third-order valence-corrected chi connectivity index (χ3v) is 5.88. The van der Waals surface area contributed by atoms with E-state index in [-0.39, 0.29) is 22.8 Å². The van der Waals surface area contributed by atoms with Crippen molar-refractivity contribution in [2.24, 2.45) is 0 Å². The van der Waals surface area contributed by atoms with Crippen molar-refractivity contribution in [3.63, 3.8) is 0 Å². The summed E-state index contributed by atoms with van der Waals surface area (Å²) in [4.78, 5) is 25.6. The maximum atomic E-state index is 12.8.